The van der Waals surface area contributed by atoms with E-state index in [9.17, 15) is 9.59 Å². The van der Waals surface area contributed by atoms with E-state index in [1.165, 1.54) is 0 Å². The normalized spacial score (nSPS) is 11.1. The van der Waals surface area contributed by atoms with Crippen LogP contribution in [0.2, 0.25) is 0 Å². The van der Waals surface area contributed by atoms with E-state index in [2.05, 4.69) is 0 Å². The maximum Gasteiger partial charge on any atom is 0.331 e. The number of rotatable bonds is 4. The Morgan fingerprint density at radius 2 is 1.35 bits per heavy atom. The number of para-hydroxylation sites is 2. The van der Waals surface area contributed by atoms with Gasteiger partial charge in [0, 0.05) is 10.8 Å². The van der Waals surface area contributed by atoms with Crippen LogP contribution in [0.3, 0.4) is 0 Å². The van der Waals surface area contributed by atoms with Crippen LogP contribution in [0.25, 0.3) is 32.6 Å². The van der Waals surface area contributed by atoms with E-state index >= 15 is 0 Å². The van der Waals surface area contributed by atoms with Crippen molar-refractivity contribution in [1.29, 1.82) is 0 Å². The predicted molar refractivity (Wildman–Crippen MR) is 122 cm³/mol. The first-order chi connectivity index (χ1) is 15.1. The zero-order valence-electron chi connectivity index (χ0n) is 16.9. The molecule has 1 aromatic heterocycles. The Morgan fingerprint density at radius 1 is 0.774 bits per heavy atom. The number of pyridine rings is 1. The standard InChI is InChI=1S/C26H19NO4/c1-30-19-12-10-17-11-13-20(15-18(17)14-19)31-25(28)16-27-23-8-4-2-6-21(23)26(29)22-7-3-5-9-24(22)27/h2-15H,16H2,1H3. The lowest BCUT2D eigenvalue weighted by atomic mass is 10.1. The van der Waals surface area contributed by atoms with Crippen molar-refractivity contribution < 1.29 is 14.3 Å². The summed E-state index contributed by atoms with van der Waals surface area (Å²) in [4.78, 5) is 25.7. The largest absolute Gasteiger partial charge is 0.497 e. The third kappa shape index (κ3) is 3.40. The fourth-order valence-corrected chi connectivity index (χ4v) is 3.93. The molecule has 0 saturated heterocycles. The zero-order chi connectivity index (χ0) is 21.4. The molecule has 0 unspecified atom stereocenters. The summed E-state index contributed by atoms with van der Waals surface area (Å²) in [6, 6.07) is 25.9. The van der Waals surface area contributed by atoms with E-state index in [0.717, 1.165) is 16.5 Å². The molecule has 0 aliphatic rings. The number of methoxy groups -OCH3 is 1. The van der Waals surface area contributed by atoms with Crippen LogP contribution in [-0.4, -0.2) is 17.6 Å². The fourth-order valence-electron chi connectivity index (χ4n) is 3.93. The molecule has 31 heavy (non-hydrogen) atoms. The van der Waals surface area contributed by atoms with Gasteiger partial charge in [-0.1, -0.05) is 36.4 Å². The molecular formula is C26H19NO4. The number of benzene rings is 4. The maximum absolute atomic E-state index is 12.9. The summed E-state index contributed by atoms with van der Waals surface area (Å²) < 4.78 is 12.8. The van der Waals surface area contributed by atoms with Crippen molar-refractivity contribution in [3.63, 3.8) is 0 Å². The Balaban J connectivity index is 1.52. The molecule has 152 valence electrons. The zero-order valence-corrected chi connectivity index (χ0v) is 16.9. The Hall–Kier alpha value is -4.12. The molecule has 0 aliphatic heterocycles. The third-order valence-corrected chi connectivity index (χ3v) is 5.42. The summed E-state index contributed by atoms with van der Waals surface area (Å²) in [5.74, 6) is 0.781. The highest BCUT2D eigenvalue weighted by Gasteiger charge is 2.14. The fraction of sp³-hybridized carbons (Fsp3) is 0.0769. The van der Waals surface area contributed by atoms with Crippen LogP contribution in [0.4, 0.5) is 0 Å². The Kier molecular flexibility index (Phi) is 4.64. The van der Waals surface area contributed by atoms with Gasteiger partial charge in [-0.3, -0.25) is 4.79 Å². The van der Waals surface area contributed by atoms with Crippen molar-refractivity contribution >= 4 is 38.5 Å². The second kappa shape index (κ2) is 7.61. The number of hydrogen-bond acceptors (Lipinski definition) is 4. The van der Waals surface area contributed by atoms with Gasteiger partial charge in [0.25, 0.3) is 0 Å². The van der Waals surface area contributed by atoms with Crippen LogP contribution in [-0.2, 0) is 11.3 Å². The van der Waals surface area contributed by atoms with Crippen molar-refractivity contribution in [2.45, 2.75) is 6.54 Å². The molecule has 5 rings (SSSR count). The summed E-state index contributed by atoms with van der Waals surface area (Å²) in [5.41, 5.74) is 1.36. The molecule has 4 aromatic carbocycles. The van der Waals surface area contributed by atoms with Crippen LogP contribution >= 0.6 is 0 Å². The molecule has 0 atom stereocenters. The number of fused-ring (bicyclic) bond motifs is 3. The first kappa shape index (κ1) is 18.9. The average molecular weight is 409 g/mol. The second-order valence-corrected chi connectivity index (χ2v) is 7.30. The maximum atomic E-state index is 12.9. The number of esters is 1. The van der Waals surface area contributed by atoms with Crippen LogP contribution in [0.15, 0.2) is 89.7 Å². The van der Waals surface area contributed by atoms with Crippen LogP contribution in [0.1, 0.15) is 0 Å². The number of carbonyl (C=O) groups is 1. The van der Waals surface area contributed by atoms with Gasteiger partial charge < -0.3 is 14.0 Å². The average Bonchev–Trinajstić information content (AvgIpc) is 2.81. The smallest absolute Gasteiger partial charge is 0.331 e. The van der Waals surface area contributed by atoms with Crippen molar-refractivity contribution in [3.8, 4) is 11.5 Å². The van der Waals surface area contributed by atoms with Gasteiger partial charge in [0.15, 0.2) is 5.43 Å². The molecular weight excluding hydrogens is 390 g/mol. The van der Waals surface area contributed by atoms with Gasteiger partial charge in [0.1, 0.15) is 18.0 Å². The number of ether oxygens (including phenoxy) is 2. The molecule has 0 saturated carbocycles. The van der Waals surface area contributed by atoms with Gasteiger partial charge in [-0.2, -0.15) is 0 Å². The lowest BCUT2D eigenvalue weighted by Crippen LogP contribution is -2.19. The minimum atomic E-state index is -0.416. The third-order valence-electron chi connectivity index (χ3n) is 5.42. The van der Waals surface area contributed by atoms with E-state index in [4.69, 9.17) is 9.47 Å². The highest BCUT2D eigenvalue weighted by Crippen LogP contribution is 2.25. The summed E-state index contributed by atoms with van der Waals surface area (Å²) in [6.07, 6.45) is 0. The molecule has 0 fully saturated rings. The van der Waals surface area contributed by atoms with E-state index in [-0.39, 0.29) is 12.0 Å². The van der Waals surface area contributed by atoms with Crippen LogP contribution in [0.5, 0.6) is 11.5 Å². The van der Waals surface area contributed by atoms with Gasteiger partial charge in [-0.05, 0) is 59.3 Å². The van der Waals surface area contributed by atoms with E-state index < -0.39 is 5.97 Å². The summed E-state index contributed by atoms with van der Waals surface area (Å²) in [6.45, 7) is -0.0164. The quantitative estimate of drug-likeness (QED) is 0.240. The second-order valence-electron chi connectivity index (χ2n) is 7.30. The monoisotopic (exact) mass is 409 g/mol. The highest BCUT2D eigenvalue weighted by molar-refractivity contribution is 5.94. The lowest BCUT2D eigenvalue weighted by molar-refractivity contribution is -0.134. The number of nitrogens with zero attached hydrogens (tertiary/aromatic N) is 1. The van der Waals surface area contributed by atoms with Crippen LogP contribution in [0, 0.1) is 0 Å². The molecule has 0 amide bonds. The van der Waals surface area contributed by atoms with Gasteiger partial charge in [-0.15, -0.1) is 0 Å². The minimum absolute atomic E-state index is 0.0164. The molecule has 0 aliphatic carbocycles. The Labute approximate surface area is 178 Å². The predicted octanol–water partition coefficient (Wildman–Crippen LogP) is 4.92. The van der Waals surface area contributed by atoms with Crippen molar-refractivity contribution in [3.05, 3.63) is 95.2 Å². The summed E-state index contributed by atoms with van der Waals surface area (Å²) >= 11 is 0. The van der Waals surface area contributed by atoms with E-state index in [1.807, 2.05) is 71.3 Å². The molecule has 0 N–H and O–H groups in total. The first-order valence-corrected chi connectivity index (χ1v) is 9.93. The molecule has 5 heteroatoms. The van der Waals surface area contributed by atoms with Gasteiger partial charge in [0.05, 0.1) is 18.1 Å². The van der Waals surface area contributed by atoms with Gasteiger partial charge in [0.2, 0.25) is 0 Å². The number of hydrogen-bond donors (Lipinski definition) is 0. The summed E-state index contributed by atoms with van der Waals surface area (Å²) in [7, 11) is 1.62. The van der Waals surface area contributed by atoms with Gasteiger partial charge >= 0.3 is 5.97 Å². The highest BCUT2D eigenvalue weighted by atomic mass is 16.5. The van der Waals surface area contributed by atoms with Crippen LogP contribution < -0.4 is 14.9 Å². The van der Waals surface area contributed by atoms with Crippen molar-refractivity contribution in [2.24, 2.45) is 0 Å². The molecule has 0 bridgehead atoms. The number of carbonyl (C=O) groups excluding carboxylic acids is 1. The topological polar surface area (TPSA) is 57.5 Å². The molecule has 0 radical (unpaired) electrons. The Morgan fingerprint density at radius 3 is 2.00 bits per heavy atom. The summed E-state index contributed by atoms with van der Waals surface area (Å²) in [5, 5.41) is 3.10. The minimum Gasteiger partial charge on any atom is -0.497 e. The molecule has 5 aromatic rings. The SMILES string of the molecule is COc1ccc2ccc(OC(=O)Cn3c4ccccc4c(=O)c4ccccc43)cc2c1. The van der Waals surface area contributed by atoms with Gasteiger partial charge in [-0.25, -0.2) is 4.79 Å². The number of aromatic nitrogens is 1. The molecule has 0 spiro atoms. The molecule has 5 nitrogen and oxygen atoms in total. The lowest BCUT2D eigenvalue weighted by Gasteiger charge is -2.14. The van der Waals surface area contributed by atoms with Crippen molar-refractivity contribution in [2.75, 3.05) is 7.11 Å². The Bertz CT molecular complexity index is 1460. The van der Waals surface area contributed by atoms with E-state index in [1.54, 1.807) is 25.3 Å². The molecule has 1 heterocycles. The first-order valence-electron chi connectivity index (χ1n) is 9.93. The van der Waals surface area contributed by atoms with E-state index in [0.29, 0.717) is 27.6 Å². The van der Waals surface area contributed by atoms with Crippen molar-refractivity contribution in [1.82, 2.24) is 4.57 Å².